The lowest BCUT2D eigenvalue weighted by atomic mass is 10.1. The van der Waals surface area contributed by atoms with E-state index in [1.54, 1.807) is 13.3 Å². The van der Waals surface area contributed by atoms with Crippen LogP contribution in [0, 0.1) is 6.92 Å². The lowest BCUT2D eigenvalue weighted by molar-refractivity contribution is 0.0726. The molecule has 1 amide bonds. The number of oxazole rings is 1. The Bertz CT molecular complexity index is 704. The lowest BCUT2D eigenvalue weighted by Gasteiger charge is -2.25. The largest absolute Gasteiger partial charge is 0.443 e. The Morgan fingerprint density at radius 1 is 1.48 bits per heavy atom. The van der Waals surface area contributed by atoms with E-state index in [9.17, 15) is 4.79 Å². The van der Waals surface area contributed by atoms with Crippen molar-refractivity contribution in [3.63, 3.8) is 0 Å². The second-order valence-electron chi connectivity index (χ2n) is 5.75. The van der Waals surface area contributed by atoms with Crippen LogP contribution in [-0.2, 0) is 30.9 Å². The molecule has 0 atom stereocenters. The number of hydrogen-bond donors (Lipinski definition) is 0. The van der Waals surface area contributed by atoms with Gasteiger partial charge in [-0.2, -0.15) is 5.10 Å². The maximum absolute atomic E-state index is 12.8. The molecule has 2 aromatic rings. The fourth-order valence-corrected chi connectivity index (χ4v) is 2.87. The van der Waals surface area contributed by atoms with E-state index in [1.165, 1.54) is 0 Å². The number of aryl methyl sites for hydroxylation is 1. The highest BCUT2D eigenvalue weighted by atomic mass is 16.5. The molecule has 1 aliphatic heterocycles. The Kier molecular flexibility index (Phi) is 4.47. The van der Waals surface area contributed by atoms with E-state index in [1.807, 2.05) is 16.5 Å². The number of aromatic nitrogens is 3. The summed E-state index contributed by atoms with van der Waals surface area (Å²) in [5, 5.41) is 4.31. The van der Waals surface area contributed by atoms with Crippen LogP contribution in [0.5, 0.6) is 0 Å². The molecule has 1 aliphatic rings. The van der Waals surface area contributed by atoms with Gasteiger partial charge in [0.1, 0.15) is 18.1 Å². The van der Waals surface area contributed by atoms with Crippen LogP contribution in [-0.4, -0.2) is 39.2 Å². The van der Waals surface area contributed by atoms with Gasteiger partial charge in [-0.15, -0.1) is 0 Å². The lowest BCUT2D eigenvalue weighted by Crippen LogP contribution is -2.36. The van der Waals surface area contributed by atoms with Crippen molar-refractivity contribution < 1.29 is 13.9 Å². The third-order valence-corrected chi connectivity index (χ3v) is 4.10. The summed E-state index contributed by atoms with van der Waals surface area (Å²) in [6, 6.07) is 0. The number of hydrogen-bond acceptors (Lipinski definition) is 5. The second-order valence-corrected chi connectivity index (χ2v) is 5.75. The SMILES string of the molecule is CCCn1ncc(C(=O)N2CCc3oc(COC)nc3C2)c1C. The number of amides is 1. The summed E-state index contributed by atoms with van der Waals surface area (Å²) >= 11 is 0. The summed E-state index contributed by atoms with van der Waals surface area (Å²) < 4.78 is 12.6. The number of ether oxygens (including phenoxy) is 1. The number of methoxy groups -OCH3 is 1. The molecule has 0 N–H and O–H groups in total. The van der Waals surface area contributed by atoms with Crippen LogP contribution in [0.2, 0.25) is 0 Å². The molecule has 0 spiro atoms. The topological polar surface area (TPSA) is 73.4 Å². The number of carbonyl (C=O) groups excluding carboxylic acids is 1. The molecule has 2 aromatic heterocycles. The molecule has 0 aromatic carbocycles. The van der Waals surface area contributed by atoms with Gasteiger partial charge in [-0.1, -0.05) is 6.92 Å². The van der Waals surface area contributed by atoms with Crippen molar-refractivity contribution in [1.82, 2.24) is 19.7 Å². The highest BCUT2D eigenvalue weighted by Gasteiger charge is 2.27. The van der Waals surface area contributed by atoms with Gasteiger partial charge in [0.25, 0.3) is 5.91 Å². The van der Waals surface area contributed by atoms with Crippen molar-refractivity contribution >= 4 is 5.91 Å². The quantitative estimate of drug-likeness (QED) is 0.842. The number of nitrogens with zero attached hydrogens (tertiary/aromatic N) is 4. The Morgan fingerprint density at radius 3 is 3.04 bits per heavy atom. The van der Waals surface area contributed by atoms with Gasteiger partial charge in [-0.25, -0.2) is 4.98 Å². The van der Waals surface area contributed by atoms with Crippen LogP contribution in [0.1, 0.15) is 46.7 Å². The van der Waals surface area contributed by atoms with Crippen molar-refractivity contribution in [2.75, 3.05) is 13.7 Å². The average Bonchev–Trinajstić information content (AvgIpc) is 3.10. The van der Waals surface area contributed by atoms with Crippen LogP contribution in [0.25, 0.3) is 0 Å². The predicted molar refractivity (Wildman–Crippen MR) is 82.9 cm³/mol. The first-order valence-corrected chi connectivity index (χ1v) is 7.92. The zero-order chi connectivity index (χ0) is 16.4. The van der Waals surface area contributed by atoms with Crippen LogP contribution in [0.4, 0.5) is 0 Å². The van der Waals surface area contributed by atoms with E-state index in [0.717, 1.165) is 30.1 Å². The van der Waals surface area contributed by atoms with E-state index in [0.29, 0.717) is 37.6 Å². The third kappa shape index (κ3) is 3.01. The van der Waals surface area contributed by atoms with Crippen molar-refractivity contribution in [2.45, 2.75) is 46.4 Å². The van der Waals surface area contributed by atoms with Gasteiger partial charge in [-0.3, -0.25) is 9.48 Å². The van der Waals surface area contributed by atoms with Gasteiger partial charge in [0, 0.05) is 32.3 Å². The fraction of sp³-hybridized carbons (Fsp3) is 0.562. The van der Waals surface area contributed by atoms with E-state index in [2.05, 4.69) is 17.0 Å². The molecule has 23 heavy (non-hydrogen) atoms. The zero-order valence-corrected chi connectivity index (χ0v) is 13.8. The molecule has 0 radical (unpaired) electrons. The molecular weight excluding hydrogens is 296 g/mol. The Labute approximate surface area is 135 Å². The monoisotopic (exact) mass is 318 g/mol. The minimum atomic E-state index is 0.00629. The molecule has 3 heterocycles. The Morgan fingerprint density at radius 2 is 2.30 bits per heavy atom. The molecule has 0 unspecified atom stereocenters. The average molecular weight is 318 g/mol. The van der Waals surface area contributed by atoms with E-state index in [4.69, 9.17) is 9.15 Å². The zero-order valence-electron chi connectivity index (χ0n) is 13.8. The summed E-state index contributed by atoms with van der Waals surface area (Å²) in [7, 11) is 1.61. The molecule has 7 heteroatoms. The molecule has 0 fully saturated rings. The van der Waals surface area contributed by atoms with Crippen molar-refractivity contribution in [1.29, 1.82) is 0 Å². The van der Waals surface area contributed by atoms with Crippen LogP contribution < -0.4 is 0 Å². The first-order chi connectivity index (χ1) is 11.1. The van der Waals surface area contributed by atoms with Gasteiger partial charge in [0.2, 0.25) is 5.89 Å². The first-order valence-electron chi connectivity index (χ1n) is 7.92. The fourth-order valence-electron chi connectivity index (χ4n) is 2.87. The number of carbonyl (C=O) groups is 1. The minimum absolute atomic E-state index is 0.00629. The van der Waals surface area contributed by atoms with Gasteiger partial charge in [0.05, 0.1) is 18.3 Å². The minimum Gasteiger partial charge on any atom is -0.443 e. The number of fused-ring (bicyclic) bond motifs is 1. The van der Waals surface area contributed by atoms with Crippen molar-refractivity contribution in [2.24, 2.45) is 0 Å². The molecule has 0 bridgehead atoms. The maximum atomic E-state index is 12.8. The Balaban J connectivity index is 1.76. The van der Waals surface area contributed by atoms with E-state index in [-0.39, 0.29) is 5.91 Å². The molecular formula is C16H22N4O3. The molecule has 0 aliphatic carbocycles. The van der Waals surface area contributed by atoms with Crippen LogP contribution in [0.3, 0.4) is 0 Å². The van der Waals surface area contributed by atoms with Crippen molar-refractivity contribution in [3.05, 3.63) is 34.8 Å². The maximum Gasteiger partial charge on any atom is 0.257 e. The van der Waals surface area contributed by atoms with Crippen molar-refractivity contribution in [3.8, 4) is 0 Å². The predicted octanol–water partition coefficient (Wildman–Crippen LogP) is 1.93. The molecule has 0 saturated carbocycles. The molecule has 7 nitrogen and oxygen atoms in total. The smallest absolute Gasteiger partial charge is 0.257 e. The van der Waals surface area contributed by atoms with E-state index < -0.39 is 0 Å². The van der Waals surface area contributed by atoms with E-state index >= 15 is 0 Å². The first kappa shape index (κ1) is 15.7. The van der Waals surface area contributed by atoms with Gasteiger partial charge in [0.15, 0.2) is 0 Å². The van der Waals surface area contributed by atoms with Gasteiger partial charge >= 0.3 is 0 Å². The van der Waals surface area contributed by atoms with Crippen LogP contribution in [0.15, 0.2) is 10.6 Å². The number of rotatable bonds is 5. The Hall–Kier alpha value is -2.15. The molecule has 124 valence electrons. The van der Waals surface area contributed by atoms with Crippen LogP contribution >= 0.6 is 0 Å². The summed E-state index contributed by atoms with van der Waals surface area (Å²) in [5.41, 5.74) is 2.42. The molecule has 3 rings (SSSR count). The summed E-state index contributed by atoms with van der Waals surface area (Å²) in [6.45, 7) is 6.32. The highest BCUT2D eigenvalue weighted by molar-refractivity contribution is 5.95. The molecule has 0 saturated heterocycles. The standard InChI is InChI=1S/C16H22N4O3/c1-4-6-20-11(2)12(8-17-20)16(21)19-7-5-14-13(9-19)18-15(23-14)10-22-3/h8H,4-7,9-10H2,1-3H3. The van der Waals surface area contributed by atoms with Gasteiger partial charge in [-0.05, 0) is 13.3 Å². The second kappa shape index (κ2) is 6.54. The third-order valence-electron chi connectivity index (χ3n) is 4.10. The summed E-state index contributed by atoms with van der Waals surface area (Å²) in [5.74, 6) is 1.44. The summed E-state index contributed by atoms with van der Waals surface area (Å²) in [6.07, 6.45) is 3.34. The normalized spacial score (nSPS) is 14.1. The van der Waals surface area contributed by atoms with Gasteiger partial charge < -0.3 is 14.1 Å². The summed E-state index contributed by atoms with van der Waals surface area (Å²) in [4.78, 5) is 19.0. The highest BCUT2D eigenvalue weighted by Crippen LogP contribution is 2.22.